The van der Waals surface area contributed by atoms with Crippen LogP contribution in [0.4, 0.5) is 17.1 Å². The van der Waals surface area contributed by atoms with Crippen LogP contribution in [0.3, 0.4) is 0 Å². The van der Waals surface area contributed by atoms with E-state index in [-0.39, 0.29) is 29.0 Å². The topological polar surface area (TPSA) is 153 Å². The van der Waals surface area contributed by atoms with Gasteiger partial charge in [0.05, 0.1) is 5.69 Å². The zero-order valence-electron chi connectivity index (χ0n) is 22.3. The molecule has 0 saturated heterocycles. The molecule has 39 heavy (non-hydrogen) atoms. The van der Waals surface area contributed by atoms with E-state index < -0.39 is 17.9 Å². The first-order valence-electron chi connectivity index (χ1n) is 12.4. The quantitative estimate of drug-likeness (QED) is 0.347. The van der Waals surface area contributed by atoms with Gasteiger partial charge >= 0.3 is 0 Å². The zero-order valence-corrected chi connectivity index (χ0v) is 23.1. The fourth-order valence-corrected chi connectivity index (χ4v) is 4.85. The highest BCUT2D eigenvalue weighted by atomic mass is 32.1. The lowest BCUT2D eigenvalue weighted by Gasteiger charge is -2.31. The van der Waals surface area contributed by atoms with Crippen LogP contribution in [0.5, 0.6) is 11.5 Å². The molecule has 5 N–H and O–H groups in total. The molecule has 0 fully saturated rings. The van der Waals surface area contributed by atoms with Gasteiger partial charge in [0.15, 0.2) is 17.2 Å². The molecule has 11 nitrogen and oxygen atoms in total. The molecule has 3 aromatic rings. The second-order valence-electron chi connectivity index (χ2n) is 9.71. The summed E-state index contributed by atoms with van der Waals surface area (Å²) in [6, 6.07) is 11.2. The third kappa shape index (κ3) is 5.90. The minimum atomic E-state index is -1.08. The zero-order chi connectivity index (χ0) is 28.3. The first-order valence-corrected chi connectivity index (χ1v) is 13.2. The van der Waals surface area contributed by atoms with Crippen LogP contribution in [0.15, 0.2) is 42.5 Å². The van der Waals surface area contributed by atoms with Crippen molar-refractivity contribution in [1.82, 2.24) is 9.69 Å². The van der Waals surface area contributed by atoms with E-state index in [1.807, 2.05) is 31.1 Å². The average molecular weight is 553 g/mol. The Morgan fingerprint density at radius 3 is 2.33 bits per heavy atom. The summed E-state index contributed by atoms with van der Waals surface area (Å²) < 4.78 is 15.0. The molecule has 2 aromatic carbocycles. The van der Waals surface area contributed by atoms with Crippen molar-refractivity contribution in [2.24, 2.45) is 11.7 Å². The van der Waals surface area contributed by atoms with Crippen LogP contribution in [-0.4, -0.2) is 49.5 Å². The highest BCUT2D eigenvalue weighted by molar-refractivity contribution is 7.09. The number of carbonyl (C=O) groups excluding carboxylic acids is 3. The van der Waals surface area contributed by atoms with E-state index in [4.69, 9.17) is 20.9 Å². The summed E-state index contributed by atoms with van der Waals surface area (Å²) in [5.74, 6) is -0.511. The van der Waals surface area contributed by atoms with Gasteiger partial charge in [-0.15, -0.1) is 0 Å². The Hall–Kier alpha value is -4.32. The Labute approximate surface area is 230 Å². The molecule has 3 amide bonds. The number of nitrogens with zero attached hydrogens (tertiary/aromatic N) is 3. The molecule has 12 heteroatoms. The molecule has 1 atom stereocenters. The maximum atomic E-state index is 14.2. The number of hydrogen-bond acceptors (Lipinski definition) is 9. The van der Waals surface area contributed by atoms with Crippen molar-refractivity contribution < 1.29 is 23.9 Å². The number of rotatable bonds is 10. The summed E-state index contributed by atoms with van der Waals surface area (Å²) in [6.07, 6.45) is 0.764. The van der Waals surface area contributed by atoms with Crippen LogP contribution in [0, 0.1) is 5.92 Å². The van der Waals surface area contributed by atoms with E-state index in [0.717, 1.165) is 23.6 Å². The molecule has 4 rings (SSSR count). The number of fused-ring (bicyclic) bond motifs is 1. The average Bonchev–Trinajstić information content (AvgIpc) is 3.52. The first-order chi connectivity index (χ1) is 18.6. The van der Waals surface area contributed by atoms with E-state index in [1.54, 1.807) is 30.3 Å². The van der Waals surface area contributed by atoms with Crippen LogP contribution in [-0.2, 0) is 4.79 Å². The van der Waals surface area contributed by atoms with E-state index in [2.05, 4.69) is 23.5 Å². The summed E-state index contributed by atoms with van der Waals surface area (Å²) in [5, 5.41) is 2.98. The van der Waals surface area contributed by atoms with Crippen LogP contribution >= 0.6 is 11.5 Å². The lowest BCUT2D eigenvalue weighted by Crippen LogP contribution is -2.44. The number of primary amides is 1. The Kier molecular flexibility index (Phi) is 8.24. The fourth-order valence-electron chi connectivity index (χ4n) is 4.11. The van der Waals surface area contributed by atoms with Gasteiger partial charge in [-0.25, -0.2) is 0 Å². The summed E-state index contributed by atoms with van der Waals surface area (Å²) in [7, 11) is 3.83. The highest BCUT2D eigenvalue weighted by Gasteiger charge is 2.36. The Bertz CT molecular complexity index is 1370. The summed E-state index contributed by atoms with van der Waals surface area (Å²) in [4.78, 5) is 43.1. The third-order valence-electron chi connectivity index (χ3n) is 6.26. The summed E-state index contributed by atoms with van der Waals surface area (Å²) in [6.45, 7) is 4.60. The minimum absolute atomic E-state index is 0.00800. The molecule has 2 heterocycles. The van der Waals surface area contributed by atoms with Crippen LogP contribution < -0.4 is 36.1 Å². The summed E-state index contributed by atoms with van der Waals surface area (Å²) >= 11 is 0.752. The van der Waals surface area contributed by atoms with Gasteiger partial charge in [-0.2, -0.15) is 4.37 Å². The lowest BCUT2D eigenvalue weighted by molar-refractivity contribution is -0.122. The van der Waals surface area contributed by atoms with Gasteiger partial charge in [-0.3, -0.25) is 19.3 Å². The Morgan fingerprint density at radius 1 is 1.05 bits per heavy atom. The van der Waals surface area contributed by atoms with E-state index in [1.165, 1.54) is 4.90 Å². The molecule has 0 saturated carbocycles. The smallest absolute Gasteiger partial charge is 0.273 e. The van der Waals surface area contributed by atoms with Gasteiger partial charge < -0.3 is 31.2 Å². The minimum Gasteiger partial charge on any atom is -0.454 e. The maximum absolute atomic E-state index is 14.2. The monoisotopic (exact) mass is 552 g/mol. The molecule has 0 bridgehead atoms. The molecular weight excluding hydrogens is 520 g/mol. The van der Waals surface area contributed by atoms with Crippen molar-refractivity contribution in [3.63, 3.8) is 0 Å². The summed E-state index contributed by atoms with van der Waals surface area (Å²) in [5.41, 5.74) is 13.1. The highest BCUT2D eigenvalue weighted by Crippen LogP contribution is 2.40. The molecular formula is C27H32N6O5S. The van der Waals surface area contributed by atoms with E-state index in [0.29, 0.717) is 35.2 Å². The van der Waals surface area contributed by atoms with Crippen LogP contribution in [0.2, 0.25) is 0 Å². The number of aromatic nitrogens is 1. The second kappa shape index (κ2) is 11.6. The molecule has 0 unspecified atom stereocenters. The molecule has 0 radical (unpaired) electrons. The molecule has 1 aliphatic rings. The maximum Gasteiger partial charge on any atom is 0.273 e. The lowest BCUT2D eigenvalue weighted by atomic mass is 10.0. The van der Waals surface area contributed by atoms with Crippen molar-refractivity contribution >= 4 is 46.3 Å². The number of ether oxygens (including phenoxy) is 2. The third-order valence-corrected chi connectivity index (χ3v) is 7.11. The number of nitrogens with two attached hydrogens (primary N) is 2. The fraction of sp³-hybridized carbons (Fsp3) is 0.333. The van der Waals surface area contributed by atoms with Crippen molar-refractivity contribution in [2.45, 2.75) is 26.3 Å². The number of nitrogen functional groups attached to an aromatic ring is 1. The second-order valence-corrected chi connectivity index (χ2v) is 10.5. The largest absolute Gasteiger partial charge is 0.454 e. The molecule has 0 spiro atoms. The normalized spacial score (nSPS) is 12.7. The van der Waals surface area contributed by atoms with Gasteiger partial charge in [-0.05, 0) is 53.7 Å². The van der Waals surface area contributed by atoms with Crippen molar-refractivity contribution in [2.75, 3.05) is 43.0 Å². The van der Waals surface area contributed by atoms with Crippen molar-refractivity contribution in [1.29, 1.82) is 0 Å². The number of nitrogens with one attached hydrogen (secondary N) is 1. The van der Waals surface area contributed by atoms with Gasteiger partial charge in [0, 0.05) is 38.1 Å². The van der Waals surface area contributed by atoms with Gasteiger partial charge in [0.1, 0.15) is 10.9 Å². The van der Waals surface area contributed by atoms with Gasteiger partial charge in [0.25, 0.3) is 11.8 Å². The predicted octanol–water partition coefficient (Wildman–Crippen LogP) is 3.17. The SMILES string of the molecule is CC(C)CCNC(=O)[C@@H](c1ccc(N(C)C)cc1)N(C(=O)c1snc(C(N)=O)c1N)c1ccc2c(c1)OCO2. The molecule has 0 aliphatic carbocycles. The number of anilines is 3. The van der Waals surface area contributed by atoms with Crippen molar-refractivity contribution in [3.05, 3.63) is 58.6 Å². The Morgan fingerprint density at radius 2 is 1.72 bits per heavy atom. The standard InChI is InChI=1S/C27H32N6O5S/c1-15(2)11-12-30-26(35)23(16-5-7-17(8-6-16)32(3)4)33(18-9-10-19-20(13-18)38-14-37-19)27(36)24-21(28)22(25(29)34)31-39-24/h5-10,13,15,23H,11-12,14,28H2,1-4H3,(H2,29,34)(H,30,35)/t23-/m1/s1. The number of benzene rings is 2. The van der Waals surface area contributed by atoms with Gasteiger partial charge in [0.2, 0.25) is 12.7 Å². The molecule has 206 valence electrons. The molecule has 1 aromatic heterocycles. The molecule has 1 aliphatic heterocycles. The number of hydrogen-bond donors (Lipinski definition) is 3. The van der Waals surface area contributed by atoms with Gasteiger partial charge in [-0.1, -0.05) is 26.0 Å². The van der Waals surface area contributed by atoms with Crippen LogP contribution in [0.25, 0.3) is 0 Å². The predicted molar refractivity (Wildman–Crippen MR) is 150 cm³/mol. The van der Waals surface area contributed by atoms with E-state index in [9.17, 15) is 14.4 Å². The van der Waals surface area contributed by atoms with Crippen LogP contribution in [0.1, 0.15) is 52.0 Å². The van der Waals surface area contributed by atoms with E-state index >= 15 is 0 Å². The van der Waals surface area contributed by atoms with Crippen molar-refractivity contribution in [3.8, 4) is 11.5 Å². The number of carbonyl (C=O) groups is 3. The Balaban J connectivity index is 1.85. The first kappa shape index (κ1) is 27.7. The number of amides is 3.